The maximum atomic E-state index is 5.88. The summed E-state index contributed by atoms with van der Waals surface area (Å²) >= 11 is 0. The van der Waals surface area contributed by atoms with Gasteiger partial charge < -0.3 is 14.0 Å². The predicted octanol–water partition coefficient (Wildman–Crippen LogP) is 6.21. The second-order valence-electron chi connectivity index (χ2n) is 8.15. The number of H-pyrrole nitrogens is 1. The van der Waals surface area contributed by atoms with E-state index < -0.39 is 0 Å². The fraction of sp³-hybridized carbons (Fsp3) is 0.138. The first-order chi connectivity index (χ1) is 16.8. The molecule has 5 heteroatoms. The smallest absolute Gasteiger partial charge is 0.129 e. The van der Waals surface area contributed by atoms with Crippen LogP contribution in [0.2, 0.25) is 0 Å². The predicted molar refractivity (Wildman–Crippen MR) is 139 cm³/mol. The Kier molecular flexibility index (Phi) is 6.43. The Morgan fingerprint density at radius 1 is 1.00 bits per heavy atom. The number of rotatable bonds is 9. The number of ether oxygens (including phenoxy) is 2. The molecule has 0 saturated heterocycles. The highest BCUT2D eigenvalue weighted by Crippen LogP contribution is 2.27. The third kappa shape index (κ3) is 5.21. The average Bonchev–Trinajstić information content (AvgIpc) is 3.63. The van der Waals surface area contributed by atoms with Gasteiger partial charge in [0.1, 0.15) is 18.1 Å². The average molecular weight is 450 g/mol. The summed E-state index contributed by atoms with van der Waals surface area (Å²) in [6.07, 6.45) is 17.6. The van der Waals surface area contributed by atoms with Gasteiger partial charge in [-0.25, -0.2) is 0 Å². The van der Waals surface area contributed by atoms with Crippen LogP contribution in [0, 0.1) is 0 Å². The summed E-state index contributed by atoms with van der Waals surface area (Å²) in [5.74, 6) is 1.55. The Bertz CT molecular complexity index is 1340. The number of fused-ring (bicyclic) bond motifs is 1. The number of hydrogen-bond acceptors (Lipinski definition) is 3. The van der Waals surface area contributed by atoms with Crippen LogP contribution in [0.25, 0.3) is 30.4 Å². The van der Waals surface area contributed by atoms with Crippen LogP contribution in [0.3, 0.4) is 0 Å². The molecule has 1 N–H and O–H groups in total. The van der Waals surface area contributed by atoms with Crippen molar-refractivity contribution in [1.29, 1.82) is 0 Å². The lowest BCUT2D eigenvalue weighted by Crippen LogP contribution is -2.06. The molecule has 170 valence electrons. The van der Waals surface area contributed by atoms with Crippen molar-refractivity contribution in [1.82, 2.24) is 14.8 Å². The molecule has 34 heavy (non-hydrogen) atoms. The van der Waals surface area contributed by atoms with E-state index in [9.17, 15) is 0 Å². The first-order valence-electron chi connectivity index (χ1n) is 11.4. The highest BCUT2D eigenvalue weighted by atomic mass is 16.5. The molecule has 5 nitrogen and oxygen atoms in total. The van der Waals surface area contributed by atoms with Gasteiger partial charge in [0, 0.05) is 24.0 Å². The first-order valence-corrected chi connectivity index (χ1v) is 11.4. The van der Waals surface area contributed by atoms with E-state index in [0.717, 1.165) is 41.4 Å². The Morgan fingerprint density at radius 2 is 1.91 bits per heavy atom. The van der Waals surface area contributed by atoms with Gasteiger partial charge in [-0.05, 0) is 71.7 Å². The van der Waals surface area contributed by atoms with Crippen molar-refractivity contribution in [2.45, 2.75) is 13.0 Å². The monoisotopic (exact) mass is 449 g/mol. The summed E-state index contributed by atoms with van der Waals surface area (Å²) in [6.45, 7) is 1.40. The van der Waals surface area contributed by atoms with Gasteiger partial charge in [-0.2, -0.15) is 5.10 Å². The molecule has 0 amide bonds. The summed E-state index contributed by atoms with van der Waals surface area (Å²) in [5, 5.41) is 7.48. The Hall–Kier alpha value is -4.25. The lowest BCUT2D eigenvalue weighted by atomic mass is 10.1. The van der Waals surface area contributed by atoms with E-state index in [1.807, 2.05) is 67.0 Å². The molecule has 1 aliphatic rings. The van der Waals surface area contributed by atoms with E-state index >= 15 is 0 Å². The topological polar surface area (TPSA) is 52.1 Å². The summed E-state index contributed by atoms with van der Waals surface area (Å²) in [4.78, 5) is 0. The normalized spacial score (nSPS) is 12.6. The minimum Gasteiger partial charge on any atom is -0.496 e. The summed E-state index contributed by atoms with van der Waals surface area (Å²) in [6, 6.07) is 18.5. The zero-order chi connectivity index (χ0) is 23.2. The lowest BCUT2D eigenvalue weighted by Gasteiger charge is -2.10. The second kappa shape index (κ2) is 10.1. The highest BCUT2D eigenvalue weighted by Gasteiger charge is 2.05. The van der Waals surface area contributed by atoms with Gasteiger partial charge in [-0.15, -0.1) is 0 Å². The van der Waals surface area contributed by atoms with E-state index in [4.69, 9.17) is 9.47 Å². The molecule has 5 rings (SSSR count). The van der Waals surface area contributed by atoms with E-state index in [1.54, 1.807) is 7.11 Å². The first kappa shape index (κ1) is 21.6. The van der Waals surface area contributed by atoms with Crippen LogP contribution >= 0.6 is 0 Å². The third-order valence-corrected chi connectivity index (χ3v) is 5.80. The van der Waals surface area contributed by atoms with Gasteiger partial charge in [0.15, 0.2) is 0 Å². The van der Waals surface area contributed by atoms with Crippen LogP contribution in [0.15, 0.2) is 73.1 Å². The van der Waals surface area contributed by atoms with Crippen molar-refractivity contribution < 1.29 is 9.47 Å². The summed E-state index contributed by atoms with van der Waals surface area (Å²) in [7, 11) is 1.67. The van der Waals surface area contributed by atoms with E-state index in [2.05, 4.69) is 51.2 Å². The zero-order valence-electron chi connectivity index (χ0n) is 19.1. The molecule has 0 spiro atoms. The maximum absolute atomic E-state index is 5.88. The van der Waals surface area contributed by atoms with Gasteiger partial charge in [0.2, 0.25) is 0 Å². The fourth-order valence-electron chi connectivity index (χ4n) is 3.97. The Balaban J connectivity index is 1.21. The molecule has 0 unspecified atom stereocenters. The number of nitrogens with zero attached hydrogens (tertiary/aromatic N) is 2. The van der Waals surface area contributed by atoms with Crippen molar-refractivity contribution in [3.05, 3.63) is 107 Å². The molecule has 2 aromatic carbocycles. The molecular formula is C29H27N3O2. The van der Waals surface area contributed by atoms with Crippen LogP contribution in [-0.2, 0) is 13.0 Å². The van der Waals surface area contributed by atoms with Gasteiger partial charge in [0.05, 0.1) is 25.0 Å². The molecule has 0 fully saturated rings. The number of aromatic nitrogens is 3. The molecule has 0 bridgehead atoms. The van der Waals surface area contributed by atoms with Crippen molar-refractivity contribution in [3.8, 4) is 11.5 Å². The standard InChI is InChI=1S/C29H27N3O2/c1-33-29-21-28(34-18-17-32-15-2-3-16-32)14-11-24(29)10-13-27-20-26(30-31-27)12-8-22-7-9-23-5-4-6-25(23)19-22/h2-5,7-16,19-21H,6,17-18H2,1H3,(H,30,31)/b12-8+,13-10+. The van der Waals surface area contributed by atoms with Gasteiger partial charge in [0.25, 0.3) is 0 Å². The number of methoxy groups -OCH3 is 1. The Labute approximate surface area is 199 Å². The second-order valence-corrected chi connectivity index (χ2v) is 8.15. The molecule has 2 aromatic heterocycles. The van der Waals surface area contributed by atoms with Gasteiger partial charge in [-0.3, -0.25) is 5.10 Å². The van der Waals surface area contributed by atoms with E-state index in [1.165, 1.54) is 16.7 Å². The number of hydrogen-bond donors (Lipinski definition) is 1. The molecule has 0 aliphatic heterocycles. The molecule has 0 radical (unpaired) electrons. The quantitative estimate of drug-likeness (QED) is 0.331. The molecular weight excluding hydrogens is 422 g/mol. The minimum absolute atomic E-state index is 0.597. The van der Waals surface area contributed by atoms with Crippen LogP contribution in [0.4, 0.5) is 0 Å². The van der Waals surface area contributed by atoms with Crippen LogP contribution in [0.1, 0.15) is 33.6 Å². The van der Waals surface area contributed by atoms with Gasteiger partial charge >= 0.3 is 0 Å². The molecule has 1 aliphatic carbocycles. The molecule has 4 aromatic rings. The molecule has 0 saturated carbocycles. The summed E-state index contributed by atoms with van der Waals surface area (Å²) < 4.78 is 13.5. The third-order valence-electron chi connectivity index (χ3n) is 5.80. The number of aromatic amines is 1. The van der Waals surface area contributed by atoms with Crippen molar-refractivity contribution >= 4 is 30.4 Å². The van der Waals surface area contributed by atoms with Crippen molar-refractivity contribution in [3.63, 3.8) is 0 Å². The van der Waals surface area contributed by atoms with E-state index in [-0.39, 0.29) is 0 Å². The van der Waals surface area contributed by atoms with Crippen molar-refractivity contribution in [2.24, 2.45) is 0 Å². The largest absolute Gasteiger partial charge is 0.496 e. The maximum Gasteiger partial charge on any atom is 0.129 e. The zero-order valence-corrected chi connectivity index (χ0v) is 19.1. The lowest BCUT2D eigenvalue weighted by molar-refractivity contribution is 0.296. The minimum atomic E-state index is 0.597. The summed E-state index contributed by atoms with van der Waals surface area (Å²) in [5.41, 5.74) is 6.65. The molecule has 0 atom stereocenters. The SMILES string of the molecule is COc1cc(OCCn2cccc2)ccc1/C=C/c1cc(/C=C/c2ccc3c(c2)CC=C3)n[nH]1. The van der Waals surface area contributed by atoms with Crippen LogP contribution in [-0.4, -0.2) is 28.5 Å². The van der Waals surface area contributed by atoms with Crippen LogP contribution < -0.4 is 9.47 Å². The Morgan fingerprint density at radius 3 is 2.79 bits per heavy atom. The van der Waals surface area contributed by atoms with Crippen molar-refractivity contribution in [2.75, 3.05) is 13.7 Å². The number of benzene rings is 2. The number of nitrogens with one attached hydrogen (secondary N) is 1. The highest BCUT2D eigenvalue weighted by molar-refractivity contribution is 5.75. The van der Waals surface area contributed by atoms with Crippen LogP contribution in [0.5, 0.6) is 11.5 Å². The van der Waals surface area contributed by atoms with E-state index in [0.29, 0.717) is 6.61 Å². The van der Waals surface area contributed by atoms with Gasteiger partial charge in [-0.1, -0.05) is 36.4 Å². The number of allylic oxidation sites excluding steroid dienone is 1. The fourth-order valence-corrected chi connectivity index (χ4v) is 3.97. The molecule has 2 heterocycles.